The van der Waals surface area contributed by atoms with Crippen LogP contribution in [0, 0.1) is 0 Å². The van der Waals surface area contributed by atoms with E-state index in [1.165, 1.54) is 0 Å². The van der Waals surface area contributed by atoms with Gasteiger partial charge in [0.05, 0.1) is 6.10 Å². The normalized spacial score (nSPS) is 22.0. The second-order valence-electron chi connectivity index (χ2n) is 7.16. The first kappa shape index (κ1) is 18.4. The highest BCUT2D eigenvalue weighted by Gasteiger charge is 2.48. The number of benzene rings is 2. The van der Waals surface area contributed by atoms with Crippen molar-refractivity contribution in [3.63, 3.8) is 0 Å². The lowest BCUT2D eigenvalue weighted by atomic mass is 10.0. The van der Waals surface area contributed by atoms with Gasteiger partial charge in [-0.1, -0.05) is 48.5 Å². The van der Waals surface area contributed by atoms with E-state index in [4.69, 9.17) is 4.74 Å². The fourth-order valence-electron chi connectivity index (χ4n) is 3.92. The van der Waals surface area contributed by atoms with E-state index in [-0.39, 0.29) is 30.3 Å². The fraction of sp³-hybridized carbons (Fsp3) is 0.318. The van der Waals surface area contributed by atoms with E-state index in [9.17, 15) is 14.4 Å². The summed E-state index contributed by atoms with van der Waals surface area (Å²) >= 11 is 0. The summed E-state index contributed by atoms with van der Waals surface area (Å²) in [6.07, 6.45) is 0.784. The zero-order valence-corrected chi connectivity index (χ0v) is 15.4. The molecule has 2 aromatic rings. The molecule has 4 rings (SSSR count). The molecule has 0 bridgehead atoms. The molecule has 2 fully saturated rings. The number of fused-ring (bicyclic) bond motifs is 1. The summed E-state index contributed by atoms with van der Waals surface area (Å²) in [5.74, 6) is -0.609. The molecule has 0 aliphatic carbocycles. The highest BCUT2D eigenvalue weighted by atomic mass is 16.5. The predicted molar refractivity (Wildman–Crippen MR) is 103 cm³/mol. The molecule has 3 atom stereocenters. The Kier molecular flexibility index (Phi) is 5.21. The van der Waals surface area contributed by atoms with Crippen LogP contribution in [0.3, 0.4) is 0 Å². The average Bonchev–Trinajstić information content (AvgIpc) is 3.31. The van der Waals surface area contributed by atoms with Gasteiger partial charge in [-0.05, 0) is 24.1 Å². The number of rotatable bonds is 5. The van der Waals surface area contributed by atoms with Gasteiger partial charge in [0, 0.05) is 18.5 Å². The molecule has 0 spiro atoms. The van der Waals surface area contributed by atoms with Gasteiger partial charge in [0.2, 0.25) is 5.91 Å². The van der Waals surface area contributed by atoms with E-state index in [2.05, 4.69) is 5.32 Å². The Labute approximate surface area is 163 Å². The zero-order valence-electron chi connectivity index (χ0n) is 15.4. The highest BCUT2D eigenvalue weighted by Crippen LogP contribution is 2.28. The van der Waals surface area contributed by atoms with Crippen molar-refractivity contribution in [1.82, 2.24) is 10.2 Å². The monoisotopic (exact) mass is 378 g/mol. The van der Waals surface area contributed by atoms with Crippen LogP contribution in [-0.2, 0) is 20.7 Å². The molecule has 2 saturated heterocycles. The Morgan fingerprint density at radius 2 is 1.75 bits per heavy atom. The number of amides is 2. The third kappa shape index (κ3) is 3.68. The SMILES string of the molecule is O=C(NC(Cc1ccccc1)C(=O)N1CC[C@H]2OCC(=O)[C@H]21)c1ccccc1. The van der Waals surface area contributed by atoms with Crippen molar-refractivity contribution in [2.75, 3.05) is 13.2 Å². The van der Waals surface area contributed by atoms with Gasteiger partial charge in [-0.2, -0.15) is 0 Å². The predicted octanol–water partition coefficient (Wildman–Crippen LogP) is 1.60. The second kappa shape index (κ2) is 7.94. The number of carbonyl (C=O) groups is 3. The zero-order chi connectivity index (χ0) is 19.5. The average molecular weight is 378 g/mol. The molecular formula is C22H22N2O4. The van der Waals surface area contributed by atoms with E-state index in [1.807, 2.05) is 36.4 Å². The maximum Gasteiger partial charge on any atom is 0.251 e. The van der Waals surface area contributed by atoms with Gasteiger partial charge in [-0.15, -0.1) is 0 Å². The Morgan fingerprint density at radius 3 is 2.46 bits per heavy atom. The van der Waals surface area contributed by atoms with Crippen LogP contribution in [0.4, 0.5) is 0 Å². The molecule has 1 unspecified atom stereocenters. The van der Waals surface area contributed by atoms with Gasteiger partial charge in [-0.25, -0.2) is 0 Å². The van der Waals surface area contributed by atoms with Crippen LogP contribution in [0.5, 0.6) is 0 Å². The molecule has 2 amide bonds. The first-order chi connectivity index (χ1) is 13.6. The van der Waals surface area contributed by atoms with Gasteiger partial charge >= 0.3 is 0 Å². The number of ether oxygens (including phenoxy) is 1. The molecular weight excluding hydrogens is 356 g/mol. The summed E-state index contributed by atoms with van der Waals surface area (Å²) in [5, 5.41) is 2.87. The third-order valence-electron chi connectivity index (χ3n) is 5.32. The molecule has 6 nitrogen and oxygen atoms in total. The minimum Gasteiger partial charge on any atom is -0.368 e. The molecule has 2 heterocycles. The number of hydrogen-bond acceptors (Lipinski definition) is 4. The topological polar surface area (TPSA) is 75.7 Å². The number of nitrogens with one attached hydrogen (secondary N) is 1. The van der Waals surface area contributed by atoms with Gasteiger partial charge in [-0.3, -0.25) is 14.4 Å². The Bertz CT molecular complexity index is 869. The Hall–Kier alpha value is -2.99. The Morgan fingerprint density at radius 1 is 1.07 bits per heavy atom. The fourth-order valence-corrected chi connectivity index (χ4v) is 3.92. The summed E-state index contributed by atoms with van der Waals surface area (Å²) < 4.78 is 5.49. The number of Topliss-reactive ketones (excluding diaryl/α,β-unsaturated/α-hetero) is 1. The van der Waals surface area contributed by atoms with E-state index in [0.29, 0.717) is 24.9 Å². The van der Waals surface area contributed by atoms with Gasteiger partial charge in [0.15, 0.2) is 5.78 Å². The molecule has 1 N–H and O–H groups in total. The maximum absolute atomic E-state index is 13.3. The summed E-state index contributed by atoms with van der Waals surface area (Å²) in [7, 11) is 0. The van der Waals surface area contributed by atoms with Crippen molar-refractivity contribution >= 4 is 17.6 Å². The minimum atomic E-state index is -0.748. The van der Waals surface area contributed by atoms with E-state index in [0.717, 1.165) is 5.56 Å². The lowest BCUT2D eigenvalue weighted by Gasteiger charge is -2.27. The van der Waals surface area contributed by atoms with Crippen LogP contribution in [0.2, 0.25) is 0 Å². The smallest absolute Gasteiger partial charge is 0.251 e. The van der Waals surface area contributed by atoms with Gasteiger partial charge in [0.1, 0.15) is 18.7 Å². The van der Waals surface area contributed by atoms with Crippen LogP contribution in [0.15, 0.2) is 60.7 Å². The van der Waals surface area contributed by atoms with Crippen LogP contribution >= 0.6 is 0 Å². The molecule has 2 aliphatic heterocycles. The maximum atomic E-state index is 13.3. The van der Waals surface area contributed by atoms with Crippen LogP contribution in [0.1, 0.15) is 22.3 Å². The molecule has 2 aliphatic rings. The highest BCUT2D eigenvalue weighted by molar-refractivity contribution is 5.99. The van der Waals surface area contributed by atoms with Crippen LogP contribution in [0.25, 0.3) is 0 Å². The van der Waals surface area contributed by atoms with E-state index < -0.39 is 12.1 Å². The number of hydrogen-bond donors (Lipinski definition) is 1. The third-order valence-corrected chi connectivity index (χ3v) is 5.32. The number of nitrogens with zero attached hydrogens (tertiary/aromatic N) is 1. The lowest BCUT2D eigenvalue weighted by Crippen LogP contribution is -2.53. The Balaban J connectivity index is 1.56. The first-order valence-corrected chi connectivity index (χ1v) is 9.48. The first-order valence-electron chi connectivity index (χ1n) is 9.48. The van der Waals surface area contributed by atoms with Gasteiger partial charge < -0.3 is 15.0 Å². The number of likely N-dealkylation sites (tertiary alicyclic amines) is 1. The molecule has 0 radical (unpaired) electrons. The van der Waals surface area contributed by atoms with E-state index >= 15 is 0 Å². The molecule has 6 heteroatoms. The largest absolute Gasteiger partial charge is 0.368 e. The van der Waals surface area contributed by atoms with Crippen molar-refractivity contribution in [2.45, 2.75) is 31.0 Å². The second-order valence-corrected chi connectivity index (χ2v) is 7.16. The number of carbonyl (C=O) groups excluding carboxylic acids is 3. The van der Waals surface area contributed by atoms with Crippen LogP contribution < -0.4 is 5.32 Å². The molecule has 28 heavy (non-hydrogen) atoms. The lowest BCUT2D eigenvalue weighted by molar-refractivity contribution is -0.138. The van der Waals surface area contributed by atoms with E-state index in [1.54, 1.807) is 29.2 Å². The molecule has 2 aromatic carbocycles. The van der Waals surface area contributed by atoms with Crippen molar-refractivity contribution < 1.29 is 19.1 Å². The molecule has 0 saturated carbocycles. The van der Waals surface area contributed by atoms with Crippen LogP contribution in [-0.4, -0.2) is 53.8 Å². The van der Waals surface area contributed by atoms with Crippen molar-refractivity contribution in [2.24, 2.45) is 0 Å². The quantitative estimate of drug-likeness (QED) is 0.858. The summed E-state index contributed by atoms with van der Waals surface area (Å²) in [4.78, 5) is 39.8. The van der Waals surface area contributed by atoms with Crippen molar-refractivity contribution in [3.05, 3.63) is 71.8 Å². The standard InChI is InChI=1S/C22H22N2O4/c25-18-14-28-19-11-12-24(20(18)19)22(27)17(13-15-7-3-1-4-8-15)23-21(26)16-9-5-2-6-10-16/h1-10,17,19-20H,11-14H2,(H,23,26)/t17?,19-,20-/m1/s1. The summed E-state index contributed by atoms with van der Waals surface area (Å²) in [5.41, 5.74) is 1.44. The summed E-state index contributed by atoms with van der Waals surface area (Å²) in [6, 6.07) is 17.1. The minimum absolute atomic E-state index is 0.0544. The van der Waals surface area contributed by atoms with Crippen molar-refractivity contribution in [1.29, 1.82) is 0 Å². The van der Waals surface area contributed by atoms with Gasteiger partial charge in [0.25, 0.3) is 5.91 Å². The molecule has 144 valence electrons. The molecule has 0 aromatic heterocycles. The summed E-state index contributed by atoms with van der Waals surface area (Å²) in [6.45, 7) is 0.519. The number of ketones is 1. The van der Waals surface area contributed by atoms with Crippen molar-refractivity contribution in [3.8, 4) is 0 Å².